The molecule has 0 aromatic carbocycles. The van der Waals surface area contributed by atoms with E-state index in [-0.39, 0.29) is 22.9 Å². The highest BCUT2D eigenvalue weighted by Crippen LogP contribution is 2.39. The molecule has 0 radical (unpaired) electrons. The zero-order valence-corrected chi connectivity index (χ0v) is 18.0. The maximum Gasteiger partial charge on any atom is 0.162 e. The fourth-order valence-corrected chi connectivity index (χ4v) is 4.74. The summed E-state index contributed by atoms with van der Waals surface area (Å²) in [4.78, 5) is 15.2. The van der Waals surface area contributed by atoms with E-state index in [0.29, 0.717) is 13.2 Å². The van der Waals surface area contributed by atoms with Crippen molar-refractivity contribution < 1.29 is 9.47 Å². The number of pyridine rings is 1. The molecule has 1 unspecified atom stereocenters. The van der Waals surface area contributed by atoms with Gasteiger partial charge in [-0.2, -0.15) is 11.8 Å². The molecule has 29 heavy (non-hydrogen) atoms. The molecule has 5 heterocycles. The van der Waals surface area contributed by atoms with Gasteiger partial charge in [0, 0.05) is 28.1 Å². The zero-order chi connectivity index (χ0) is 20.2. The van der Waals surface area contributed by atoms with Gasteiger partial charge in [0.05, 0.1) is 25.3 Å². The first-order chi connectivity index (χ1) is 14.0. The van der Waals surface area contributed by atoms with Gasteiger partial charge in [-0.1, -0.05) is 0 Å². The second kappa shape index (κ2) is 6.95. The first kappa shape index (κ1) is 18.8. The number of aromatic amines is 1. The Kier molecular flexibility index (Phi) is 4.51. The summed E-state index contributed by atoms with van der Waals surface area (Å²) in [5, 5.41) is 4.70. The second-order valence-electron chi connectivity index (χ2n) is 8.38. The molecule has 154 valence electrons. The van der Waals surface area contributed by atoms with Crippen molar-refractivity contribution in [2.24, 2.45) is 4.99 Å². The van der Waals surface area contributed by atoms with Crippen LogP contribution in [0.25, 0.3) is 11.0 Å². The molecule has 2 aromatic heterocycles. The number of morpholine rings is 1. The van der Waals surface area contributed by atoms with Crippen molar-refractivity contribution >= 4 is 28.6 Å². The Bertz CT molecular complexity index is 998. The van der Waals surface area contributed by atoms with E-state index in [1.807, 2.05) is 30.2 Å². The molecule has 0 aliphatic carbocycles. The number of nitrogens with zero attached hydrogens (tertiary/aromatic N) is 3. The van der Waals surface area contributed by atoms with E-state index in [1.54, 1.807) is 0 Å². The van der Waals surface area contributed by atoms with Crippen molar-refractivity contribution in [3.63, 3.8) is 0 Å². The van der Waals surface area contributed by atoms with E-state index in [2.05, 4.69) is 53.3 Å². The van der Waals surface area contributed by atoms with Crippen LogP contribution in [0.4, 0.5) is 0 Å². The van der Waals surface area contributed by atoms with Crippen LogP contribution in [0.3, 0.4) is 0 Å². The molecule has 8 heteroatoms. The summed E-state index contributed by atoms with van der Waals surface area (Å²) in [5.74, 6) is 2.85. The highest BCUT2D eigenvalue weighted by Gasteiger charge is 2.45. The van der Waals surface area contributed by atoms with Crippen LogP contribution in [0.1, 0.15) is 26.3 Å². The van der Waals surface area contributed by atoms with Crippen LogP contribution in [0.2, 0.25) is 0 Å². The summed E-state index contributed by atoms with van der Waals surface area (Å²) in [6, 6.07) is 4.49. The Morgan fingerprint density at radius 3 is 2.93 bits per heavy atom. The third-order valence-electron chi connectivity index (χ3n) is 6.10. The number of hydrogen-bond acceptors (Lipinski definition) is 7. The first-order valence-electron chi connectivity index (χ1n) is 10.0. The molecule has 5 rings (SSSR count). The Morgan fingerprint density at radius 1 is 1.24 bits per heavy atom. The van der Waals surface area contributed by atoms with E-state index in [9.17, 15) is 0 Å². The molecule has 7 nitrogen and oxygen atoms in total. The summed E-state index contributed by atoms with van der Waals surface area (Å²) in [5.41, 5.74) is 1.91. The summed E-state index contributed by atoms with van der Waals surface area (Å²) in [6.45, 7) is 8.71. The van der Waals surface area contributed by atoms with E-state index in [0.717, 1.165) is 40.6 Å². The molecule has 3 atom stereocenters. The number of nitrogens with one attached hydrogen (secondary N) is 2. The number of H-pyrrole nitrogens is 1. The minimum Gasteiger partial charge on any atom is -0.490 e. The largest absolute Gasteiger partial charge is 0.490 e. The average molecular weight is 414 g/mol. The van der Waals surface area contributed by atoms with Crippen LogP contribution < -0.4 is 5.32 Å². The molecule has 0 spiro atoms. The van der Waals surface area contributed by atoms with Gasteiger partial charge in [0.2, 0.25) is 0 Å². The lowest BCUT2D eigenvalue weighted by atomic mass is 9.97. The predicted molar refractivity (Wildman–Crippen MR) is 116 cm³/mol. The number of thioether (sulfide) groups is 1. The Balaban J connectivity index is 1.64. The molecule has 1 fully saturated rings. The monoisotopic (exact) mass is 413 g/mol. The van der Waals surface area contributed by atoms with Gasteiger partial charge in [-0.05, 0) is 39.2 Å². The fourth-order valence-electron chi connectivity index (χ4n) is 4.36. The van der Waals surface area contributed by atoms with Gasteiger partial charge in [0.15, 0.2) is 5.76 Å². The minimum atomic E-state index is -0.111. The molecule has 0 amide bonds. The van der Waals surface area contributed by atoms with Crippen LogP contribution >= 0.6 is 11.8 Å². The minimum absolute atomic E-state index is 0.0816. The van der Waals surface area contributed by atoms with Crippen molar-refractivity contribution in [1.29, 1.82) is 0 Å². The molecule has 0 bridgehead atoms. The topological polar surface area (TPSA) is 74.8 Å². The summed E-state index contributed by atoms with van der Waals surface area (Å²) in [6.07, 6.45) is 5.88. The Hall–Kier alpha value is -2.19. The number of hydrogen-bond donors (Lipinski definition) is 2. The third kappa shape index (κ3) is 3.00. The number of aromatic nitrogens is 2. The van der Waals surface area contributed by atoms with E-state index < -0.39 is 0 Å². The van der Waals surface area contributed by atoms with Gasteiger partial charge >= 0.3 is 0 Å². The molecule has 3 aliphatic heterocycles. The lowest BCUT2D eigenvalue weighted by Crippen LogP contribution is -2.60. The average Bonchev–Trinajstić information content (AvgIpc) is 3.21. The van der Waals surface area contributed by atoms with E-state index >= 15 is 0 Å². The number of rotatable bonds is 3. The maximum atomic E-state index is 6.31. The summed E-state index contributed by atoms with van der Waals surface area (Å²) < 4.78 is 12.0. The normalized spacial score (nSPS) is 27.1. The summed E-state index contributed by atoms with van der Waals surface area (Å²) in [7, 11) is 0. The van der Waals surface area contributed by atoms with Crippen LogP contribution in [0.15, 0.2) is 41.1 Å². The fraction of sp³-hybridized carbons (Fsp3) is 0.524. The number of ether oxygens (including phenoxy) is 2. The van der Waals surface area contributed by atoms with Gasteiger partial charge in [-0.3, -0.25) is 4.99 Å². The summed E-state index contributed by atoms with van der Waals surface area (Å²) >= 11 is 1.81. The van der Waals surface area contributed by atoms with Crippen molar-refractivity contribution in [3.05, 3.63) is 41.7 Å². The highest BCUT2D eigenvalue weighted by molar-refractivity contribution is 8.00. The smallest absolute Gasteiger partial charge is 0.162 e. The molecular weight excluding hydrogens is 386 g/mol. The zero-order valence-electron chi connectivity index (χ0n) is 17.2. The predicted octanol–water partition coefficient (Wildman–Crippen LogP) is 2.71. The third-order valence-corrected chi connectivity index (χ3v) is 7.38. The maximum absolute atomic E-state index is 6.31. The Morgan fingerprint density at radius 2 is 2.10 bits per heavy atom. The highest BCUT2D eigenvalue weighted by atomic mass is 32.2. The van der Waals surface area contributed by atoms with Gasteiger partial charge in [0.25, 0.3) is 0 Å². The van der Waals surface area contributed by atoms with E-state index in [4.69, 9.17) is 14.5 Å². The van der Waals surface area contributed by atoms with Crippen molar-refractivity contribution in [1.82, 2.24) is 20.2 Å². The molecule has 1 saturated heterocycles. The number of fused-ring (bicyclic) bond motifs is 3. The van der Waals surface area contributed by atoms with Gasteiger partial charge in [-0.15, -0.1) is 0 Å². The molecule has 0 saturated carbocycles. The quantitative estimate of drug-likeness (QED) is 0.806. The Labute approximate surface area is 174 Å². The molecule has 2 N–H and O–H groups in total. The van der Waals surface area contributed by atoms with Gasteiger partial charge in [0.1, 0.15) is 30.0 Å². The van der Waals surface area contributed by atoms with Crippen molar-refractivity contribution in [3.8, 4) is 0 Å². The number of amidine groups is 1. The second-order valence-corrected chi connectivity index (χ2v) is 9.84. The molecule has 2 aromatic rings. The molecular formula is C21H27N5O2S. The van der Waals surface area contributed by atoms with Crippen molar-refractivity contribution in [2.45, 2.75) is 43.6 Å². The SMILES string of the molecule is CSC(C)(C)C1N=C(c2ccnc3[nH]ccc23)NC2=C1OC[C@@H]1COC[C@@H](C)N21. The van der Waals surface area contributed by atoms with Crippen LogP contribution in [0, 0.1) is 0 Å². The first-order valence-corrected chi connectivity index (χ1v) is 11.3. The van der Waals surface area contributed by atoms with Gasteiger partial charge in [-0.25, -0.2) is 4.98 Å². The lowest BCUT2D eigenvalue weighted by Gasteiger charge is -2.49. The van der Waals surface area contributed by atoms with Crippen LogP contribution in [-0.4, -0.2) is 69.7 Å². The van der Waals surface area contributed by atoms with Gasteiger partial charge < -0.3 is 24.7 Å². The number of aliphatic imine (C=N–C) groups is 1. The van der Waals surface area contributed by atoms with Crippen LogP contribution in [0.5, 0.6) is 0 Å². The van der Waals surface area contributed by atoms with Crippen LogP contribution in [-0.2, 0) is 9.47 Å². The standard InChI is InChI=1S/C21H27N5O2S/c1-12-9-27-10-13-11-28-16-17(21(2,3)29-4)24-19(25-20(16)26(12)13)15-6-8-23-18-14(15)5-7-22-18/h5-8,12-13,17H,9-11H2,1-4H3,(H,22,23)(H,24,25)/t12-,13+,17?/m1/s1. The van der Waals surface area contributed by atoms with Crippen molar-refractivity contribution in [2.75, 3.05) is 26.1 Å². The molecule has 3 aliphatic rings. The van der Waals surface area contributed by atoms with E-state index in [1.165, 1.54) is 0 Å². The lowest BCUT2D eigenvalue weighted by molar-refractivity contribution is -0.0711.